The lowest BCUT2D eigenvalue weighted by Crippen LogP contribution is -2.50. The molecule has 9 nitrogen and oxygen atoms in total. The number of fused-ring (bicyclic) bond motifs is 5. The zero-order valence-corrected chi connectivity index (χ0v) is 22.5. The maximum Gasteiger partial charge on any atom is 0.411 e. The van der Waals surface area contributed by atoms with Gasteiger partial charge in [-0.05, 0) is 62.9 Å². The maximum absolute atomic E-state index is 13.8. The molecule has 38 heavy (non-hydrogen) atoms. The lowest BCUT2D eigenvalue weighted by molar-refractivity contribution is -0.136. The Bertz CT molecular complexity index is 1340. The minimum absolute atomic E-state index is 0.157. The second-order valence-electron chi connectivity index (χ2n) is 11.1. The van der Waals surface area contributed by atoms with Crippen LogP contribution >= 0.6 is 0 Å². The molecule has 0 spiro atoms. The zero-order valence-electron chi connectivity index (χ0n) is 22.5. The molecule has 3 aromatic rings. The highest BCUT2D eigenvalue weighted by Crippen LogP contribution is 2.35. The monoisotopic (exact) mass is 520 g/mol. The Morgan fingerprint density at radius 1 is 1.21 bits per heavy atom. The Morgan fingerprint density at radius 2 is 2.00 bits per heavy atom. The van der Waals surface area contributed by atoms with Gasteiger partial charge in [-0.1, -0.05) is 24.3 Å². The van der Waals surface area contributed by atoms with Crippen LogP contribution in [0.2, 0.25) is 0 Å². The molecule has 2 aliphatic heterocycles. The molecule has 2 aromatic carbocycles. The summed E-state index contributed by atoms with van der Waals surface area (Å²) in [6, 6.07) is 13.3. The number of aliphatic hydroxyl groups excluding tert-OH is 1. The number of hydrogen-bond donors (Lipinski definition) is 1. The number of aromatic nitrogens is 2. The Balaban J connectivity index is 1.56. The minimum Gasteiger partial charge on any atom is -0.488 e. The molecule has 1 N–H and O–H groups in total. The van der Waals surface area contributed by atoms with Crippen LogP contribution in [0.1, 0.15) is 39.3 Å². The number of amides is 2. The number of rotatable bonds is 2. The van der Waals surface area contributed by atoms with E-state index in [9.17, 15) is 14.7 Å². The van der Waals surface area contributed by atoms with Gasteiger partial charge in [0.15, 0.2) is 0 Å². The van der Waals surface area contributed by atoms with Crippen LogP contribution in [0.5, 0.6) is 5.75 Å². The topological polar surface area (TPSA) is 97.1 Å². The number of β-amino-alcohol motifs (C(OH)–C–C–N with tert-alkyl or cyclic N) is 1. The van der Waals surface area contributed by atoms with Gasteiger partial charge < -0.3 is 19.5 Å². The molecule has 5 rings (SSSR count). The Labute approximate surface area is 222 Å². The summed E-state index contributed by atoms with van der Waals surface area (Å²) in [5.74, 6) is 0.476. The van der Waals surface area contributed by atoms with E-state index in [0.29, 0.717) is 31.6 Å². The van der Waals surface area contributed by atoms with E-state index >= 15 is 0 Å². The number of aryl methyl sites for hydroxylation is 2. The smallest absolute Gasteiger partial charge is 0.411 e. The molecule has 1 aromatic heterocycles. The van der Waals surface area contributed by atoms with E-state index < -0.39 is 17.7 Å². The molecular weight excluding hydrogens is 484 g/mol. The Hall–Kier alpha value is -3.59. The molecule has 3 heterocycles. The first-order valence-corrected chi connectivity index (χ1v) is 13.3. The van der Waals surface area contributed by atoms with Crippen molar-refractivity contribution in [1.82, 2.24) is 19.6 Å². The summed E-state index contributed by atoms with van der Waals surface area (Å²) >= 11 is 0. The van der Waals surface area contributed by atoms with E-state index in [-0.39, 0.29) is 31.7 Å². The average Bonchev–Trinajstić information content (AvgIpc) is 3.42. The van der Waals surface area contributed by atoms with Crippen LogP contribution in [-0.4, -0.2) is 80.7 Å². The third kappa shape index (κ3) is 5.20. The Morgan fingerprint density at radius 3 is 2.76 bits per heavy atom. The molecule has 9 heteroatoms. The van der Waals surface area contributed by atoms with E-state index in [1.165, 1.54) is 4.90 Å². The predicted molar refractivity (Wildman–Crippen MR) is 144 cm³/mol. The molecule has 1 saturated heterocycles. The van der Waals surface area contributed by atoms with E-state index in [0.717, 1.165) is 27.7 Å². The molecule has 202 valence electrons. The first-order chi connectivity index (χ1) is 18.1. The van der Waals surface area contributed by atoms with Crippen molar-refractivity contribution in [2.45, 2.75) is 57.8 Å². The summed E-state index contributed by atoms with van der Waals surface area (Å²) in [6.07, 6.45) is 0.834. The highest BCUT2D eigenvalue weighted by Gasteiger charge is 2.44. The number of likely N-dealkylation sites (tertiary alicyclic amines) is 1. The maximum atomic E-state index is 13.8. The fraction of sp³-hybridized carbons (Fsp3) is 0.483. The average molecular weight is 521 g/mol. The summed E-state index contributed by atoms with van der Waals surface area (Å²) in [5.41, 5.74) is 3.42. The van der Waals surface area contributed by atoms with E-state index in [1.54, 1.807) is 25.7 Å². The SMILES string of the molecule is Cn1nc2cccc3c2c1CCCN(CCO)C(=O)[C@@H]1C[C@@H](CN1C(=O)OC(C)(C)C)Oc1cccc-3c1. The number of benzene rings is 2. The highest BCUT2D eigenvalue weighted by atomic mass is 16.6. The summed E-state index contributed by atoms with van der Waals surface area (Å²) < 4.78 is 13.9. The van der Waals surface area contributed by atoms with Crippen LogP contribution in [0.3, 0.4) is 0 Å². The molecule has 0 unspecified atom stereocenters. The van der Waals surface area contributed by atoms with Gasteiger partial charge in [-0.25, -0.2) is 4.79 Å². The van der Waals surface area contributed by atoms with Gasteiger partial charge in [0.1, 0.15) is 23.5 Å². The van der Waals surface area contributed by atoms with Crippen molar-refractivity contribution in [3.8, 4) is 16.9 Å². The van der Waals surface area contributed by atoms with Crippen LogP contribution in [0.4, 0.5) is 4.79 Å². The van der Waals surface area contributed by atoms with Crippen molar-refractivity contribution in [1.29, 1.82) is 0 Å². The number of nitrogens with zero attached hydrogens (tertiary/aromatic N) is 4. The summed E-state index contributed by atoms with van der Waals surface area (Å²) in [5, 5.41) is 15.6. The minimum atomic E-state index is -0.727. The third-order valence-electron chi connectivity index (χ3n) is 7.13. The van der Waals surface area contributed by atoms with Gasteiger partial charge in [0.2, 0.25) is 5.91 Å². The predicted octanol–water partition coefficient (Wildman–Crippen LogP) is 3.76. The fourth-order valence-electron chi connectivity index (χ4n) is 5.51. The van der Waals surface area contributed by atoms with Gasteiger partial charge in [0.05, 0.1) is 18.7 Å². The Kier molecular flexibility index (Phi) is 7.05. The summed E-state index contributed by atoms with van der Waals surface area (Å²) in [4.78, 5) is 30.1. The normalized spacial score (nSPS) is 20.2. The third-order valence-corrected chi connectivity index (χ3v) is 7.13. The van der Waals surface area contributed by atoms with Gasteiger partial charge in [0, 0.05) is 37.6 Å². The largest absolute Gasteiger partial charge is 0.488 e. The number of carbonyl (C=O) groups excluding carboxylic acids is 2. The number of carbonyl (C=O) groups is 2. The molecule has 1 fully saturated rings. The zero-order chi connectivity index (χ0) is 27.0. The standard InChI is InChI=1S/C29H36N4O5/c1-29(2,3)38-28(36)33-18-21-17-25(33)27(35)32(14-15-34)13-7-12-24-26-22(10-6-11-23(26)30-31(24)4)19-8-5-9-20(16-19)37-21/h5-6,8-11,16,21,25,34H,7,12-15,17-18H2,1-4H3/t21-,25-/m0/s1. The molecule has 0 saturated carbocycles. The van der Waals surface area contributed by atoms with Crippen molar-refractivity contribution in [2.24, 2.45) is 7.05 Å². The van der Waals surface area contributed by atoms with E-state index in [2.05, 4.69) is 12.1 Å². The molecule has 0 aliphatic carbocycles. The quantitative estimate of drug-likeness (QED) is 0.553. The number of aliphatic hydroxyl groups is 1. The molecule has 2 amide bonds. The van der Waals surface area contributed by atoms with Crippen LogP contribution in [0.25, 0.3) is 22.0 Å². The lowest BCUT2D eigenvalue weighted by Gasteiger charge is -2.31. The van der Waals surface area contributed by atoms with Crippen molar-refractivity contribution >= 4 is 22.9 Å². The first kappa shape index (κ1) is 26.0. The molecule has 0 radical (unpaired) electrons. The van der Waals surface area contributed by atoms with E-state index in [4.69, 9.17) is 14.6 Å². The number of hydrogen-bond acceptors (Lipinski definition) is 6. The van der Waals surface area contributed by atoms with Crippen LogP contribution in [-0.2, 0) is 23.0 Å². The van der Waals surface area contributed by atoms with Crippen molar-refractivity contribution in [3.05, 3.63) is 48.2 Å². The van der Waals surface area contributed by atoms with Crippen LogP contribution in [0.15, 0.2) is 42.5 Å². The van der Waals surface area contributed by atoms with Crippen molar-refractivity contribution < 1.29 is 24.2 Å². The van der Waals surface area contributed by atoms with Gasteiger partial charge in [-0.15, -0.1) is 0 Å². The van der Waals surface area contributed by atoms with Crippen molar-refractivity contribution in [3.63, 3.8) is 0 Å². The molecular formula is C29H36N4O5. The van der Waals surface area contributed by atoms with Crippen LogP contribution < -0.4 is 4.74 Å². The molecule has 2 aliphatic rings. The summed E-state index contributed by atoms with van der Waals surface area (Å²) in [7, 11) is 1.95. The lowest BCUT2D eigenvalue weighted by atomic mass is 9.98. The van der Waals surface area contributed by atoms with Crippen molar-refractivity contribution in [2.75, 3.05) is 26.2 Å². The second kappa shape index (κ2) is 10.3. The van der Waals surface area contributed by atoms with E-state index in [1.807, 2.05) is 42.1 Å². The van der Waals surface area contributed by atoms with Gasteiger partial charge in [-0.2, -0.15) is 5.10 Å². The first-order valence-electron chi connectivity index (χ1n) is 13.3. The fourth-order valence-corrected chi connectivity index (χ4v) is 5.51. The second-order valence-corrected chi connectivity index (χ2v) is 11.1. The van der Waals surface area contributed by atoms with Gasteiger partial charge in [0.25, 0.3) is 0 Å². The van der Waals surface area contributed by atoms with Crippen LogP contribution in [0, 0.1) is 0 Å². The van der Waals surface area contributed by atoms with Gasteiger partial charge in [-0.3, -0.25) is 14.4 Å². The highest BCUT2D eigenvalue weighted by molar-refractivity contribution is 5.97. The molecule has 4 bridgehead atoms. The summed E-state index contributed by atoms with van der Waals surface area (Å²) in [6.45, 7) is 6.15. The van der Waals surface area contributed by atoms with Gasteiger partial charge >= 0.3 is 6.09 Å². The molecule has 2 atom stereocenters. The number of ether oxygens (including phenoxy) is 2.